The molecule has 1 aliphatic rings. The predicted molar refractivity (Wildman–Crippen MR) is 113 cm³/mol. The third-order valence-corrected chi connectivity index (χ3v) is 7.11. The number of carbonyl (C=O) groups is 1. The summed E-state index contributed by atoms with van der Waals surface area (Å²) >= 11 is 0. The molecule has 32 heavy (non-hydrogen) atoms. The van der Waals surface area contributed by atoms with Crippen molar-refractivity contribution in [3.8, 4) is 0 Å². The Morgan fingerprint density at radius 3 is 2.69 bits per heavy atom. The number of hydrogen-bond acceptors (Lipinski definition) is 6. The summed E-state index contributed by atoms with van der Waals surface area (Å²) in [5.74, 6) is -1.71. The maximum absolute atomic E-state index is 14.3. The first-order valence-corrected chi connectivity index (χ1v) is 11.5. The minimum Gasteiger partial charge on any atom is -0.462 e. The molecule has 0 atom stereocenters. The fourth-order valence-electron chi connectivity index (χ4n) is 3.55. The number of H-pyrrole nitrogens is 1. The van der Waals surface area contributed by atoms with Gasteiger partial charge in [-0.05, 0) is 36.8 Å². The van der Waals surface area contributed by atoms with Gasteiger partial charge in [0.15, 0.2) is 0 Å². The second-order valence-corrected chi connectivity index (χ2v) is 9.16. The number of aromatic nitrogens is 2. The quantitative estimate of drug-likeness (QED) is 0.422. The third kappa shape index (κ3) is 4.45. The summed E-state index contributed by atoms with van der Waals surface area (Å²) < 4.78 is 52.8. The summed E-state index contributed by atoms with van der Waals surface area (Å²) in [4.78, 5) is 26.7. The molecule has 1 fully saturated rings. The van der Waals surface area contributed by atoms with Crippen molar-refractivity contribution in [2.24, 2.45) is 0 Å². The van der Waals surface area contributed by atoms with Crippen LogP contribution in [0.4, 0.5) is 4.39 Å². The SMILES string of the molecule is O=C(OCCCn1c(=O)[nH]c2ccccc21)c1ccc(F)c(S(=O)(=O)N2CCOCC2)c1. The van der Waals surface area contributed by atoms with E-state index >= 15 is 0 Å². The first-order chi connectivity index (χ1) is 15.4. The molecular weight excluding hydrogens is 441 g/mol. The molecule has 4 rings (SSSR count). The van der Waals surface area contributed by atoms with Crippen LogP contribution in [-0.2, 0) is 26.0 Å². The molecular formula is C21H22FN3O6S. The zero-order valence-electron chi connectivity index (χ0n) is 17.1. The second kappa shape index (κ2) is 9.23. The molecule has 0 aliphatic carbocycles. The highest BCUT2D eigenvalue weighted by atomic mass is 32.2. The van der Waals surface area contributed by atoms with Gasteiger partial charge in [-0.2, -0.15) is 4.31 Å². The number of rotatable bonds is 7. The first kappa shape index (κ1) is 22.2. The highest BCUT2D eigenvalue weighted by molar-refractivity contribution is 7.89. The van der Waals surface area contributed by atoms with Crippen molar-refractivity contribution in [2.45, 2.75) is 17.9 Å². The molecule has 2 heterocycles. The van der Waals surface area contributed by atoms with E-state index in [1.54, 1.807) is 10.6 Å². The highest BCUT2D eigenvalue weighted by Crippen LogP contribution is 2.22. The lowest BCUT2D eigenvalue weighted by Crippen LogP contribution is -2.41. The molecule has 0 bridgehead atoms. The van der Waals surface area contributed by atoms with Gasteiger partial charge in [-0.1, -0.05) is 12.1 Å². The minimum atomic E-state index is -4.10. The third-order valence-electron chi connectivity index (χ3n) is 5.20. The van der Waals surface area contributed by atoms with Crippen molar-refractivity contribution < 1.29 is 27.1 Å². The summed E-state index contributed by atoms with van der Waals surface area (Å²) in [6, 6.07) is 10.4. The lowest BCUT2D eigenvalue weighted by atomic mass is 10.2. The average Bonchev–Trinajstić information content (AvgIpc) is 3.12. The van der Waals surface area contributed by atoms with Crippen LogP contribution in [0.5, 0.6) is 0 Å². The zero-order valence-corrected chi connectivity index (χ0v) is 17.9. The molecule has 1 aliphatic heterocycles. The van der Waals surface area contributed by atoms with Crippen molar-refractivity contribution in [1.82, 2.24) is 13.9 Å². The van der Waals surface area contributed by atoms with Crippen LogP contribution in [0.15, 0.2) is 52.2 Å². The molecule has 11 heteroatoms. The van der Waals surface area contributed by atoms with Gasteiger partial charge in [0.1, 0.15) is 10.7 Å². The van der Waals surface area contributed by atoms with E-state index in [1.807, 2.05) is 18.2 Å². The largest absolute Gasteiger partial charge is 0.462 e. The Kier molecular flexibility index (Phi) is 6.40. The molecule has 0 saturated carbocycles. The van der Waals surface area contributed by atoms with Gasteiger partial charge < -0.3 is 14.5 Å². The molecule has 0 unspecified atom stereocenters. The molecule has 2 aromatic carbocycles. The van der Waals surface area contributed by atoms with Crippen LogP contribution in [0, 0.1) is 5.82 Å². The van der Waals surface area contributed by atoms with Crippen molar-refractivity contribution in [1.29, 1.82) is 0 Å². The zero-order chi connectivity index (χ0) is 22.7. The molecule has 1 N–H and O–H groups in total. The number of nitrogens with zero attached hydrogens (tertiary/aromatic N) is 2. The topological polar surface area (TPSA) is 111 Å². The fraction of sp³-hybridized carbons (Fsp3) is 0.333. The van der Waals surface area contributed by atoms with E-state index in [4.69, 9.17) is 9.47 Å². The van der Waals surface area contributed by atoms with Crippen LogP contribution < -0.4 is 5.69 Å². The summed E-state index contributed by atoms with van der Waals surface area (Å²) in [6.07, 6.45) is 0.369. The molecule has 170 valence electrons. The second-order valence-electron chi connectivity index (χ2n) is 7.25. The van der Waals surface area contributed by atoms with E-state index in [9.17, 15) is 22.4 Å². The van der Waals surface area contributed by atoms with Gasteiger partial charge >= 0.3 is 11.7 Å². The van der Waals surface area contributed by atoms with E-state index in [0.717, 1.165) is 27.5 Å². The van der Waals surface area contributed by atoms with Gasteiger partial charge in [-0.3, -0.25) is 4.57 Å². The first-order valence-electron chi connectivity index (χ1n) is 10.1. The minimum absolute atomic E-state index is 0.00764. The van der Waals surface area contributed by atoms with Crippen molar-refractivity contribution in [3.05, 3.63) is 64.3 Å². The Labute approximate surface area is 183 Å². The maximum Gasteiger partial charge on any atom is 0.338 e. The van der Waals surface area contributed by atoms with Gasteiger partial charge in [0.25, 0.3) is 0 Å². The van der Waals surface area contributed by atoms with Gasteiger partial charge in [-0.25, -0.2) is 22.4 Å². The number of sulfonamides is 1. The maximum atomic E-state index is 14.3. The van der Waals surface area contributed by atoms with E-state index in [2.05, 4.69) is 4.98 Å². The molecule has 0 spiro atoms. The predicted octanol–water partition coefficient (Wildman–Crippen LogP) is 1.74. The Bertz CT molecular complexity index is 1290. The fourth-order valence-corrected chi connectivity index (χ4v) is 5.05. The van der Waals surface area contributed by atoms with Gasteiger partial charge in [-0.15, -0.1) is 0 Å². The van der Waals surface area contributed by atoms with Crippen LogP contribution in [0.2, 0.25) is 0 Å². The highest BCUT2D eigenvalue weighted by Gasteiger charge is 2.30. The van der Waals surface area contributed by atoms with Gasteiger partial charge in [0.05, 0.1) is 36.4 Å². The van der Waals surface area contributed by atoms with Crippen LogP contribution in [0.3, 0.4) is 0 Å². The number of aryl methyl sites for hydroxylation is 1. The lowest BCUT2D eigenvalue weighted by molar-refractivity contribution is 0.0495. The number of para-hydroxylation sites is 2. The van der Waals surface area contributed by atoms with E-state index in [-0.39, 0.29) is 44.2 Å². The molecule has 3 aromatic rings. The smallest absolute Gasteiger partial charge is 0.338 e. The summed E-state index contributed by atoms with van der Waals surface area (Å²) in [7, 11) is -4.10. The summed E-state index contributed by atoms with van der Waals surface area (Å²) in [5, 5.41) is 0. The van der Waals surface area contributed by atoms with Crippen LogP contribution in [-0.4, -0.2) is 61.2 Å². The van der Waals surface area contributed by atoms with E-state index < -0.39 is 26.7 Å². The number of morpholine rings is 1. The molecule has 0 radical (unpaired) electrons. The van der Waals surface area contributed by atoms with Crippen molar-refractivity contribution >= 4 is 27.0 Å². The normalized spacial score (nSPS) is 15.2. The number of nitrogens with one attached hydrogen (secondary N) is 1. The van der Waals surface area contributed by atoms with Crippen LogP contribution in [0.25, 0.3) is 11.0 Å². The standard InChI is InChI=1S/C21H22FN3O6S/c22-16-7-6-15(14-19(16)32(28,29)24-9-12-30-13-10-24)20(26)31-11-3-8-25-18-5-2-1-4-17(18)23-21(25)27/h1-2,4-7,14H,3,8-13H2,(H,23,27). The molecule has 9 nitrogen and oxygen atoms in total. The average molecular weight is 463 g/mol. The number of ether oxygens (including phenoxy) is 2. The number of halogens is 1. The Morgan fingerprint density at radius 1 is 1.16 bits per heavy atom. The number of hydrogen-bond donors (Lipinski definition) is 1. The van der Waals surface area contributed by atoms with Gasteiger partial charge in [0, 0.05) is 19.6 Å². The van der Waals surface area contributed by atoms with E-state index in [1.165, 1.54) is 6.07 Å². The van der Waals surface area contributed by atoms with Crippen LogP contribution in [0.1, 0.15) is 16.8 Å². The Morgan fingerprint density at radius 2 is 1.91 bits per heavy atom. The van der Waals surface area contributed by atoms with E-state index in [0.29, 0.717) is 13.0 Å². The number of imidazole rings is 1. The molecule has 1 saturated heterocycles. The Hall–Kier alpha value is -3.02. The lowest BCUT2D eigenvalue weighted by Gasteiger charge is -2.26. The summed E-state index contributed by atoms with van der Waals surface area (Å²) in [6.45, 7) is 1.02. The number of aromatic amines is 1. The van der Waals surface area contributed by atoms with Crippen LogP contribution >= 0.6 is 0 Å². The molecule has 1 aromatic heterocycles. The van der Waals surface area contributed by atoms with Gasteiger partial charge in [0.2, 0.25) is 10.0 Å². The Balaban J connectivity index is 1.41. The number of carbonyl (C=O) groups excluding carboxylic acids is 1. The number of benzene rings is 2. The van der Waals surface area contributed by atoms with Crippen molar-refractivity contribution in [3.63, 3.8) is 0 Å². The number of fused-ring (bicyclic) bond motifs is 1. The number of esters is 1. The summed E-state index contributed by atoms with van der Waals surface area (Å²) in [5.41, 5.74) is 1.15. The van der Waals surface area contributed by atoms with Crippen molar-refractivity contribution in [2.75, 3.05) is 32.9 Å². The molecule has 0 amide bonds. The monoisotopic (exact) mass is 463 g/mol.